The summed E-state index contributed by atoms with van der Waals surface area (Å²) in [5.74, 6) is 2.85. The summed E-state index contributed by atoms with van der Waals surface area (Å²) in [5.41, 5.74) is 1.80. The molecule has 0 radical (unpaired) electrons. The standard InChI is InChI=1S/C20H25NO6/c1-22-16-7-6-13(21-20(16)26-5)15-9-8-14(27-15)12-10-17(23-2)19(25-4)18(11-12)24-3/h6-7,10-11,14-15H,8-9H2,1-5H3/t14-,15-/m0/s1. The van der Waals surface area contributed by atoms with E-state index in [1.807, 2.05) is 24.3 Å². The van der Waals surface area contributed by atoms with Crippen LogP contribution in [-0.2, 0) is 4.74 Å². The third-order valence-electron chi connectivity index (χ3n) is 4.67. The fourth-order valence-corrected chi connectivity index (χ4v) is 3.31. The summed E-state index contributed by atoms with van der Waals surface area (Å²) in [5, 5.41) is 0. The molecular weight excluding hydrogens is 350 g/mol. The maximum Gasteiger partial charge on any atom is 0.257 e. The van der Waals surface area contributed by atoms with Gasteiger partial charge in [0.05, 0.1) is 47.3 Å². The molecule has 2 aromatic rings. The van der Waals surface area contributed by atoms with Crippen LogP contribution in [-0.4, -0.2) is 40.5 Å². The number of rotatable bonds is 7. The molecule has 27 heavy (non-hydrogen) atoms. The van der Waals surface area contributed by atoms with Crippen molar-refractivity contribution in [1.29, 1.82) is 0 Å². The molecule has 7 nitrogen and oxygen atoms in total. The predicted molar refractivity (Wildman–Crippen MR) is 99.2 cm³/mol. The number of pyridine rings is 1. The summed E-state index contributed by atoms with van der Waals surface area (Å²) in [6, 6.07) is 7.60. The monoisotopic (exact) mass is 375 g/mol. The van der Waals surface area contributed by atoms with Gasteiger partial charge >= 0.3 is 0 Å². The van der Waals surface area contributed by atoms with Crippen LogP contribution in [0.5, 0.6) is 28.9 Å². The van der Waals surface area contributed by atoms with Crippen molar-refractivity contribution in [1.82, 2.24) is 4.98 Å². The van der Waals surface area contributed by atoms with Crippen molar-refractivity contribution >= 4 is 0 Å². The molecule has 1 aliphatic rings. The quantitative estimate of drug-likeness (QED) is 0.730. The van der Waals surface area contributed by atoms with E-state index in [4.69, 9.17) is 28.4 Å². The second-order valence-corrected chi connectivity index (χ2v) is 6.10. The molecule has 0 spiro atoms. The minimum Gasteiger partial charge on any atom is -0.493 e. The van der Waals surface area contributed by atoms with Gasteiger partial charge in [-0.1, -0.05) is 0 Å². The summed E-state index contributed by atoms with van der Waals surface area (Å²) in [6.07, 6.45) is 1.51. The van der Waals surface area contributed by atoms with Gasteiger partial charge in [0.25, 0.3) is 5.88 Å². The van der Waals surface area contributed by atoms with Gasteiger partial charge in [0.15, 0.2) is 17.2 Å². The van der Waals surface area contributed by atoms with Crippen LogP contribution in [0.3, 0.4) is 0 Å². The molecule has 146 valence electrons. The highest BCUT2D eigenvalue weighted by Crippen LogP contribution is 2.46. The van der Waals surface area contributed by atoms with Crippen molar-refractivity contribution in [2.75, 3.05) is 35.5 Å². The van der Waals surface area contributed by atoms with E-state index >= 15 is 0 Å². The zero-order chi connectivity index (χ0) is 19.4. The van der Waals surface area contributed by atoms with E-state index in [2.05, 4.69) is 4.98 Å². The normalized spacial score (nSPS) is 18.9. The number of nitrogens with zero attached hydrogens (tertiary/aromatic N) is 1. The number of benzene rings is 1. The van der Waals surface area contributed by atoms with Gasteiger partial charge in [-0.05, 0) is 42.7 Å². The summed E-state index contributed by atoms with van der Waals surface area (Å²) < 4.78 is 33.1. The predicted octanol–water partition coefficient (Wildman–Crippen LogP) is 3.72. The molecule has 2 atom stereocenters. The van der Waals surface area contributed by atoms with E-state index in [0.717, 1.165) is 24.1 Å². The first kappa shape index (κ1) is 19.1. The second-order valence-electron chi connectivity index (χ2n) is 6.10. The van der Waals surface area contributed by atoms with E-state index in [-0.39, 0.29) is 12.2 Å². The number of ether oxygens (including phenoxy) is 6. The summed E-state index contributed by atoms with van der Waals surface area (Å²) in [6.45, 7) is 0. The highest BCUT2D eigenvalue weighted by atomic mass is 16.5. The third-order valence-corrected chi connectivity index (χ3v) is 4.67. The fraction of sp³-hybridized carbons (Fsp3) is 0.450. The fourth-order valence-electron chi connectivity index (χ4n) is 3.31. The summed E-state index contributed by atoms with van der Waals surface area (Å²) in [7, 11) is 7.96. The largest absolute Gasteiger partial charge is 0.493 e. The first-order valence-electron chi connectivity index (χ1n) is 8.69. The van der Waals surface area contributed by atoms with Gasteiger partial charge in [-0.25, -0.2) is 4.98 Å². The number of aromatic nitrogens is 1. The Kier molecular flexibility index (Phi) is 5.91. The lowest BCUT2D eigenvalue weighted by Gasteiger charge is -2.18. The van der Waals surface area contributed by atoms with Crippen molar-refractivity contribution < 1.29 is 28.4 Å². The average Bonchev–Trinajstić information content (AvgIpc) is 3.22. The van der Waals surface area contributed by atoms with E-state index in [1.54, 1.807) is 35.5 Å². The van der Waals surface area contributed by atoms with Gasteiger partial charge in [-0.15, -0.1) is 0 Å². The zero-order valence-electron chi connectivity index (χ0n) is 16.3. The Bertz CT molecular complexity index is 769. The molecular formula is C20H25NO6. The molecule has 7 heteroatoms. The number of hydrogen-bond acceptors (Lipinski definition) is 7. The molecule has 2 heterocycles. The van der Waals surface area contributed by atoms with Crippen LogP contribution in [0.2, 0.25) is 0 Å². The summed E-state index contributed by atoms with van der Waals surface area (Å²) in [4.78, 5) is 4.53. The Hall–Kier alpha value is -2.67. The van der Waals surface area contributed by atoms with Crippen LogP contribution in [0.15, 0.2) is 24.3 Å². The van der Waals surface area contributed by atoms with Crippen molar-refractivity contribution in [3.63, 3.8) is 0 Å². The van der Waals surface area contributed by atoms with Crippen molar-refractivity contribution in [2.24, 2.45) is 0 Å². The van der Waals surface area contributed by atoms with Gasteiger partial charge in [-0.3, -0.25) is 0 Å². The molecule has 1 saturated heterocycles. The lowest BCUT2D eigenvalue weighted by molar-refractivity contribution is 0.0410. The van der Waals surface area contributed by atoms with Gasteiger partial charge in [-0.2, -0.15) is 0 Å². The lowest BCUT2D eigenvalue weighted by Crippen LogP contribution is -2.04. The Balaban J connectivity index is 1.84. The molecule has 0 unspecified atom stereocenters. The van der Waals surface area contributed by atoms with Crippen molar-refractivity contribution in [3.05, 3.63) is 35.5 Å². The van der Waals surface area contributed by atoms with Gasteiger partial charge < -0.3 is 28.4 Å². The van der Waals surface area contributed by atoms with Crippen LogP contribution < -0.4 is 23.7 Å². The molecule has 1 aromatic heterocycles. The van der Waals surface area contributed by atoms with Crippen LogP contribution >= 0.6 is 0 Å². The van der Waals surface area contributed by atoms with Crippen molar-refractivity contribution in [3.8, 4) is 28.9 Å². The molecule has 0 saturated carbocycles. The third kappa shape index (κ3) is 3.73. The van der Waals surface area contributed by atoms with E-state index in [9.17, 15) is 0 Å². The molecule has 1 aliphatic heterocycles. The van der Waals surface area contributed by atoms with Crippen LogP contribution in [0.4, 0.5) is 0 Å². The van der Waals surface area contributed by atoms with E-state index in [0.29, 0.717) is 28.9 Å². The van der Waals surface area contributed by atoms with Gasteiger partial charge in [0.2, 0.25) is 5.75 Å². The average molecular weight is 375 g/mol. The SMILES string of the molecule is COc1ccc([C@@H]2CC[C@@H](c3cc(OC)c(OC)c(OC)c3)O2)nc1OC. The molecule has 0 bridgehead atoms. The number of methoxy groups -OCH3 is 5. The highest BCUT2D eigenvalue weighted by molar-refractivity contribution is 5.54. The smallest absolute Gasteiger partial charge is 0.257 e. The topological polar surface area (TPSA) is 68.3 Å². The molecule has 0 amide bonds. The minimum absolute atomic E-state index is 0.0846. The number of hydrogen-bond donors (Lipinski definition) is 0. The minimum atomic E-state index is -0.117. The first-order valence-corrected chi connectivity index (χ1v) is 8.69. The highest BCUT2D eigenvalue weighted by Gasteiger charge is 2.30. The molecule has 0 aliphatic carbocycles. The Labute approximate surface area is 159 Å². The lowest BCUT2D eigenvalue weighted by atomic mass is 10.0. The van der Waals surface area contributed by atoms with Crippen LogP contribution in [0.25, 0.3) is 0 Å². The molecule has 3 rings (SSSR count). The first-order chi connectivity index (χ1) is 13.1. The van der Waals surface area contributed by atoms with Crippen LogP contribution in [0.1, 0.15) is 36.3 Å². The van der Waals surface area contributed by atoms with Crippen LogP contribution in [0, 0.1) is 0 Å². The Morgan fingerprint density at radius 1 is 0.778 bits per heavy atom. The molecule has 1 fully saturated rings. The maximum absolute atomic E-state index is 6.27. The Morgan fingerprint density at radius 3 is 1.96 bits per heavy atom. The maximum atomic E-state index is 6.27. The van der Waals surface area contributed by atoms with Crippen molar-refractivity contribution in [2.45, 2.75) is 25.0 Å². The second kappa shape index (κ2) is 8.35. The summed E-state index contributed by atoms with van der Waals surface area (Å²) >= 11 is 0. The molecule has 1 aromatic carbocycles. The Morgan fingerprint density at radius 2 is 1.41 bits per heavy atom. The van der Waals surface area contributed by atoms with E-state index < -0.39 is 0 Å². The zero-order valence-corrected chi connectivity index (χ0v) is 16.3. The van der Waals surface area contributed by atoms with Gasteiger partial charge in [0, 0.05) is 0 Å². The van der Waals surface area contributed by atoms with E-state index in [1.165, 1.54) is 0 Å². The molecule has 0 N–H and O–H groups in total. The van der Waals surface area contributed by atoms with Gasteiger partial charge in [0.1, 0.15) is 6.10 Å².